The normalized spacial score (nSPS) is 18.6. The van der Waals surface area contributed by atoms with Gasteiger partial charge in [-0.3, -0.25) is 15.1 Å². The molecule has 2 aromatic carbocycles. The van der Waals surface area contributed by atoms with Crippen molar-refractivity contribution >= 4 is 16.9 Å². The Bertz CT molecular complexity index is 1120. The van der Waals surface area contributed by atoms with E-state index in [1.54, 1.807) is 25.3 Å². The molecule has 0 saturated carbocycles. The minimum absolute atomic E-state index is 0.0343. The van der Waals surface area contributed by atoms with Gasteiger partial charge in [-0.1, -0.05) is 30.3 Å². The molecule has 7 nitrogen and oxygen atoms in total. The Labute approximate surface area is 194 Å². The summed E-state index contributed by atoms with van der Waals surface area (Å²) in [5, 5.41) is 2.88. The molecule has 0 unspecified atom stereocenters. The maximum atomic E-state index is 12.6. The highest BCUT2D eigenvalue weighted by molar-refractivity contribution is 5.79. The minimum Gasteiger partial charge on any atom is -0.497 e. The number of nitrogens with zero attached hydrogens (tertiary/aromatic N) is 3. The smallest absolute Gasteiger partial charge is 0.200 e. The predicted molar refractivity (Wildman–Crippen MR) is 131 cm³/mol. The Kier molecular flexibility index (Phi) is 6.62. The zero-order valence-electron chi connectivity index (χ0n) is 19.2. The van der Waals surface area contributed by atoms with Crippen LogP contribution in [0.2, 0.25) is 0 Å². The first kappa shape index (κ1) is 21.9. The second-order valence-corrected chi connectivity index (χ2v) is 8.95. The van der Waals surface area contributed by atoms with Crippen molar-refractivity contribution < 1.29 is 9.15 Å². The summed E-state index contributed by atoms with van der Waals surface area (Å²) < 4.78 is 11.3. The molecule has 0 spiro atoms. The van der Waals surface area contributed by atoms with Gasteiger partial charge >= 0.3 is 0 Å². The van der Waals surface area contributed by atoms with Gasteiger partial charge in [0.05, 0.1) is 12.5 Å². The molecule has 2 aliphatic heterocycles. The zero-order chi connectivity index (χ0) is 22.6. The summed E-state index contributed by atoms with van der Waals surface area (Å²) in [6, 6.07) is 18.2. The number of hydrogen-bond acceptors (Lipinski definition) is 7. The van der Waals surface area contributed by atoms with E-state index < -0.39 is 0 Å². The van der Waals surface area contributed by atoms with Gasteiger partial charge in [0.15, 0.2) is 11.3 Å². The summed E-state index contributed by atoms with van der Waals surface area (Å²) in [5.74, 6) is 1.31. The maximum absolute atomic E-state index is 12.6. The molecule has 174 valence electrons. The van der Waals surface area contributed by atoms with Gasteiger partial charge in [0, 0.05) is 57.9 Å². The van der Waals surface area contributed by atoms with Crippen molar-refractivity contribution in [3.63, 3.8) is 0 Å². The van der Waals surface area contributed by atoms with Crippen LogP contribution in [-0.2, 0) is 6.54 Å². The number of nitrogens with one attached hydrogen (secondary N) is 1. The van der Waals surface area contributed by atoms with Crippen LogP contribution in [-0.4, -0.2) is 62.3 Å². The third-order valence-corrected chi connectivity index (χ3v) is 6.71. The number of fused-ring (bicyclic) bond motifs is 1. The Balaban J connectivity index is 1.12. The van der Waals surface area contributed by atoms with Crippen LogP contribution in [0.3, 0.4) is 0 Å². The summed E-state index contributed by atoms with van der Waals surface area (Å²) in [6.45, 7) is 6.73. The molecule has 1 N–H and O–H groups in total. The van der Waals surface area contributed by atoms with Gasteiger partial charge in [-0.15, -0.1) is 0 Å². The third-order valence-electron chi connectivity index (χ3n) is 6.71. The second-order valence-electron chi connectivity index (χ2n) is 8.95. The summed E-state index contributed by atoms with van der Waals surface area (Å²) in [7, 11) is 1.60. The number of anilines is 1. The van der Waals surface area contributed by atoms with E-state index in [2.05, 4.69) is 50.6 Å². The highest BCUT2D eigenvalue weighted by Crippen LogP contribution is 2.23. The van der Waals surface area contributed by atoms with Crippen LogP contribution in [0.15, 0.2) is 63.8 Å². The van der Waals surface area contributed by atoms with Crippen LogP contribution in [0.4, 0.5) is 5.88 Å². The standard InChI is InChI=1S/C26H32N4O3/c1-32-22-7-8-25-23(17-22)24(31)18-26(33-25)29-13-15-30(16-14-29)27-21-9-11-28(12-10-21)19-20-5-3-2-4-6-20/h2-8,17-18,21,27H,9-16,19H2,1H3. The van der Waals surface area contributed by atoms with Gasteiger partial charge < -0.3 is 14.1 Å². The molecule has 2 saturated heterocycles. The van der Waals surface area contributed by atoms with E-state index in [9.17, 15) is 4.79 Å². The lowest BCUT2D eigenvalue weighted by molar-refractivity contribution is 0.102. The molecule has 0 aliphatic carbocycles. The molecule has 0 amide bonds. The number of hydrazine groups is 1. The van der Waals surface area contributed by atoms with Gasteiger partial charge in [-0.2, -0.15) is 0 Å². The number of ether oxygens (including phenoxy) is 1. The third kappa shape index (κ3) is 5.21. The van der Waals surface area contributed by atoms with Crippen molar-refractivity contribution in [2.45, 2.75) is 25.4 Å². The van der Waals surface area contributed by atoms with E-state index in [1.807, 2.05) is 6.07 Å². The molecule has 2 fully saturated rings. The number of hydrogen-bond donors (Lipinski definition) is 1. The van der Waals surface area contributed by atoms with Crippen molar-refractivity contribution in [2.24, 2.45) is 0 Å². The topological polar surface area (TPSA) is 61.2 Å². The number of methoxy groups -OCH3 is 1. The van der Waals surface area contributed by atoms with Crippen molar-refractivity contribution in [1.82, 2.24) is 15.3 Å². The molecule has 3 aromatic rings. The number of piperazine rings is 1. The molecule has 3 heterocycles. The van der Waals surface area contributed by atoms with E-state index in [1.165, 1.54) is 5.56 Å². The molecule has 7 heteroatoms. The van der Waals surface area contributed by atoms with Gasteiger partial charge in [0.1, 0.15) is 11.3 Å². The number of rotatable bonds is 6. The second kappa shape index (κ2) is 9.95. The first-order valence-electron chi connectivity index (χ1n) is 11.8. The lowest BCUT2D eigenvalue weighted by Gasteiger charge is -2.39. The Morgan fingerprint density at radius 3 is 2.45 bits per heavy atom. The van der Waals surface area contributed by atoms with Gasteiger partial charge in [-0.05, 0) is 36.6 Å². The Morgan fingerprint density at radius 1 is 0.970 bits per heavy atom. The van der Waals surface area contributed by atoms with Crippen LogP contribution in [0.25, 0.3) is 11.0 Å². The number of piperidine rings is 1. The van der Waals surface area contributed by atoms with Crippen LogP contribution in [0.1, 0.15) is 18.4 Å². The van der Waals surface area contributed by atoms with E-state index in [4.69, 9.17) is 9.15 Å². The van der Waals surface area contributed by atoms with E-state index in [-0.39, 0.29) is 5.43 Å². The van der Waals surface area contributed by atoms with Crippen molar-refractivity contribution in [1.29, 1.82) is 0 Å². The van der Waals surface area contributed by atoms with Crippen LogP contribution in [0, 0.1) is 0 Å². The quantitative estimate of drug-likeness (QED) is 0.622. The lowest BCUT2D eigenvalue weighted by atomic mass is 10.0. The summed E-state index contributed by atoms with van der Waals surface area (Å²) >= 11 is 0. The number of likely N-dealkylation sites (tertiary alicyclic amines) is 1. The van der Waals surface area contributed by atoms with Crippen LogP contribution >= 0.6 is 0 Å². The largest absolute Gasteiger partial charge is 0.497 e. The summed E-state index contributed by atoms with van der Waals surface area (Å²) in [6.07, 6.45) is 2.33. The Hall–Kier alpha value is -2.87. The molecule has 1 aromatic heterocycles. The molecule has 5 rings (SSSR count). The van der Waals surface area contributed by atoms with Gasteiger partial charge in [-0.25, -0.2) is 5.01 Å². The fourth-order valence-electron chi connectivity index (χ4n) is 4.78. The molecule has 0 atom stereocenters. The minimum atomic E-state index is -0.0343. The van der Waals surface area contributed by atoms with Crippen LogP contribution < -0.4 is 20.5 Å². The molecular weight excluding hydrogens is 416 g/mol. The fraction of sp³-hybridized carbons (Fsp3) is 0.423. The van der Waals surface area contributed by atoms with Gasteiger partial charge in [0.2, 0.25) is 0 Å². The van der Waals surface area contributed by atoms with Crippen molar-refractivity contribution in [3.05, 3.63) is 70.4 Å². The maximum Gasteiger partial charge on any atom is 0.200 e. The van der Waals surface area contributed by atoms with E-state index in [0.29, 0.717) is 28.6 Å². The SMILES string of the molecule is COc1ccc2oc(N3CCN(NC4CCN(Cc5ccccc5)CC4)CC3)cc(=O)c2c1. The highest BCUT2D eigenvalue weighted by atomic mass is 16.5. The average Bonchev–Trinajstić information content (AvgIpc) is 2.86. The zero-order valence-corrected chi connectivity index (χ0v) is 19.2. The summed E-state index contributed by atoms with van der Waals surface area (Å²) in [4.78, 5) is 17.3. The predicted octanol–water partition coefficient (Wildman–Crippen LogP) is 3.09. The van der Waals surface area contributed by atoms with Crippen LogP contribution in [0.5, 0.6) is 5.75 Å². The first-order valence-corrected chi connectivity index (χ1v) is 11.8. The molecule has 2 aliphatic rings. The van der Waals surface area contributed by atoms with E-state index in [0.717, 1.165) is 58.7 Å². The highest BCUT2D eigenvalue weighted by Gasteiger charge is 2.24. The van der Waals surface area contributed by atoms with Gasteiger partial charge in [0.25, 0.3) is 0 Å². The summed E-state index contributed by atoms with van der Waals surface area (Å²) in [5.41, 5.74) is 5.69. The Morgan fingerprint density at radius 2 is 1.73 bits per heavy atom. The molecule has 0 bridgehead atoms. The van der Waals surface area contributed by atoms with Crippen molar-refractivity contribution in [3.8, 4) is 5.75 Å². The molecule has 33 heavy (non-hydrogen) atoms. The first-order chi connectivity index (χ1) is 16.2. The molecule has 0 radical (unpaired) electrons. The fourth-order valence-corrected chi connectivity index (χ4v) is 4.78. The number of benzene rings is 2. The monoisotopic (exact) mass is 448 g/mol. The lowest BCUT2D eigenvalue weighted by Crippen LogP contribution is -2.56. The van der Waals surface area contributed by atoms with Crippen molar-refractivity contribution in [2.75, 3.05) is 51.3 Å². The van der Waals surface area contributed by atoms with E-state index >= 15 is 0 Å². The molecular formula is C26H32N4O3. The average molecular weight is 449 g/mol.